The molecule has 1 aliphatic rings. The number of nitrogens with one attached hydrogen (secondary N) is 1. The standard InChI is InChI=1S/C29H25FN4O4S/c1-16(28-32-29(35)38-33-28)26-20-9-7-17(11-18(20)14-37-23-12-19(30)8-10-21(23)26)13-34-22-5-4-6-24(39-3)27(22)31-25(34)15-36-2/h4-12H,13-15H2,1-3H3,(H,32,33,35)/b26-16-. The van der Waals surface area contributed by atoms with Crippen molar-refractivity contribution < 1.29 is 18.4 Å². The van der Waals surface area contributed by atoms with Gasteiger partial charge in [-0.25, -0.2) is 14.2 Å². The van der Waals surface area contributed by atoms with E-state index in [0.717, 1.165) is 44.0 Å². The van der Waals surface area contributed by atoms with Gasteiger partial charge >= 0.3 is 5.76 Å². The number of hydrogen-bond donors (Lipinski definition) is 1. The van der Waals surface area contributed by atoms with Crippen molar-refractivity contribution in [2.45, 2.75) is 31.6 Å². The number of benzene rings is 3. The summed E-state index contributed by atoms with van der Waals surface area (Å²) in [4.78, 5) is 20.3. The van der Waals surface area contributed by atoms with Gasteiger partial charge in [-0.3, -0.25) is 9.51 Å². The predicted octanol–water partition coefficient (Wildman–Crippen LogP) is 5.64. The van der Waals surface area contributed by atoms with Crippen LogP contribution in [-0.4, -0.2) is 33.1 Å². The first-order chi connectivity index (χ1) is 19.0. The number of ether oxygens (including phenoxy) is 2. The van der Waals surface area contributed by atoms with Crippen LogP contribution in [0, 0.1) is 5.82 Å². The average molecular weight is 545 g/mol. The maximum absolute atomic E-state index is 14.2. The molecule has 1 N–H and O–H groups in total. The number of rotatable bonds is 6. The minimum atomic E-state index is -0.645. The highest BCUT2D eigenvalue weighted by atomic mass is 32.2. The first-order valence-corrected chi connectivity index (χ1v) is 13.5. The fourth-order valence-electron chi connectivity index (χ4n) is 5.08. The number of allylic oxidation sites excluding steroid dienone is 1. The second-order valence-corrected chi connectivity index (χ2v) is 10.1. The maximum atomic E-state index is 14.2. The molecule has 0 bridgehead atoms. The molecule has 8 nitrogen and oxygen atoms in total. The van der Waals surface area contributed by atoms with Gasteiger partial charge in [0.25, 0.3) is 0 Å². The number of methoxy groups -OCH3 is 1. The Morgan fingerprint density at radius 2 is 2.03 bits per heavy atom. The lowest BCUT2D eigenvalue weighted by Crippen LogP contribution is -2.07. The molecule has 0 saturated heterocycles. The van der Waals surface area contributed by atoms with Gasteiger partial charge in [0.1, 0.15) is 36.1 Å². The number of imidazole rings is 1. The summed E-state index contributed by atoms with van der Waals surface area (Å²) in [5.41, 5.74) is 7.04. The van der Waals surface area contributed by atoms with E-state index in [4.69, 9.17) is 19.0 Å². The van der Waals surface area contributed by atoms with Gasteiger partial charge < -0.3 is 14.0 Å². The number of H-pyrrole nitrogens is 1. The zero-order chi connectivity index (χ0) is 27.1. The van der Waals surface area contributed by atoms with Crippen molar-refractivity contribution in [2.24, 2.45) is 0 Å². The molecule has 0 aliphatic carbocycles. The number of halogens is 1. The van der Waals surface area contributed by atoms with Crippen molar-refractivity contribution in [3.05, 3.63) is 105 Å². The summed E-state index contributed by atoms with van der Waals surface area (Å²) >= 11 is 1.66. The Hall–Kier alpha value is -4.15. The fourth-order valence-corrected chi connectivity index (χ4v) is 5.64. The van der Waals surface area contributed by atoms with Crippen molar-refractivity contribution in [1.82, 2.24) is 19.7 Å². The van der Waals surface area contributed by atoms with Crippen LogP contribution in [0.5, 0.6) is 5.75 Å². The third kappa shape index (κ3) is 4.55. The quantitative estimate of drug-likeness (QED) is 0.277. The summed E-state index contributed by atoms with van der Waals surface area (Å²) in [7, 11) is 1.66. The monoisotopic (exact) mass is 544 g/mol. The van der Waals surface area contributed by atoms with E-state index in [0.29, 0.717) is 35.9 Å². The first kappa shape index (κ1) is 25.1. The zero-order valence-electron chi connectivity index (χ0n) is 21.6. The highest BCUT2D eigenvalue weighted by Gasteiger charge is 2.24. The van der Waals surface area contributed by atoms with Crippen LogP contribution in [0.25, 0.3) is 22.2 Å². The second-order valence-electron chi connectivity index (χ2n) is 9.24. The maximum Gasteiger partial charge on any atom is 0.439 e. The second kappa shape index (κ2) is 10.2. The highest BCUT2D eigenvalue weighted by Crippen LogP contribution is 2.41. The topological polar surface area (TPSA) is 95.2 Å². The van der Waals surface area contributed by atoms with E-state index < -0.39 is 11.6 Å². The van der Waals surface area contributed by atoms with E-state index >= 15 is 0 Å². The molecule has 198 valence electrons. The van der Waals surface area contributed by atoms with Crippen molar-refractivity contribution >= 4 is 33.9 Å². The Bertz CT molecular complexity index is 1800. The van der Waals surface area contributed by atoms with Crippen LogP contribution >= 0.6 is 11.8 Å². The minimum Gasteiger partial charge on any atom is -0.488 e. The van der Waals surface area contributed by atoms with E-state index in [1.807, 2.05) is 25.3 Å². The smallest absolute Gasteiger partial charge is 0.439 e. The molecule has 0 spiro atoms. The lowest BCUT2D eigenvalue weighted by Gasteiger charge is -2.15. The summed E-state index contributed by atoms with van der Waals surface area (Å²) in [6.07, 6.45) is 2.04. The molecular weight excluding hydrogens is 519 g/mol. The molecule has 0 fully saturated rings. The normalized spacial score (nSPS) is 14.1. The lowest BCUT2D eigenvalue weighted by molar-refractivity contribution is 0.175. The molecule has 3 heterocycles. The van der Waals surface area contributed by atoms with Crippen molar-refractivity contribution in [1.29, 1.82) is 0 Å². The van der Waals surface area contributed by atoms with Gasteiger partial charge in [-0.1, -0.05) is 23.4 Å². The molecule has 5 aromatic rings. The van der Waals surface area contributed by atoms with Gasteiger partial charge in [0.15, 0.2) is 5.82 Å². The van der Waals surface area contributed by atoms with Gasteiger partial charge in [-0.05, 0) is 65.8 Å². The SMILES string of the molecule is COCc1nc2c(SC)cccc2n1Cc1ccc2c(c1)COc1cc(F)ccc1/C2=C(/C)c1noc(=O)[nH]1. The van der Waals surface area contributed by atoms with Crippen LogP contribution in [0.15, 0.2) is 68.8 Å². The summed E-state index contributed by atoms with van der Waals surface area (Å²) in [6, 6.07) is 16.8. The molecule has 1 aliphatic heterocycles. The van der Waals surface area contributed by atoms with Crippen LogP contribution in [0.1, 0.15) is 40.8 Å². The molecule has 0 saturated carbocycles. The largest absolute Gasteiger partial charge is 0.488 e. The van der Waals surface area contributed by atoms with Gasteiger partial charge in [-0.2, -0.15) is 0 Å². The molecule has 2 aromatic heterocycles. The van der Waals surface area contributed by atoms with Crippen molar-refractivity contribution in [3.8, 4) is 5.75 Å². The average Bonchev–Trinajstić information content (AvgIpc) is 3.48. The van der Waals surface area contributed by atoms with Crippen molar-refractivity contribution in [2.75, 3.05) is 13.4 Å². The molecular formula is C29H25FN4O4S. The van der Waals surface area contributed by atoms with Gasteiger partial charge in [0, 0.05) is 35.8 Å². The molecule has 0 atom stereocenters. The molecule has 0 unspecified atom stereocenters. The zero-order valence-corrected chi connectivity index (χ0v) is 22.4. The lowest BCUT2D eigenvalue weighted by atomic mass is 9.89. The number of hydrogen-bond acceptors (Lipinski definition) is 7. The number of fused-ring (bicyclic) bond motifs is 3. The Morgan fingerprint density at radius 3 is 2.79 bits per heavy atom. The Morgan fingerprint density at radius 1 is 1.18 bits per heavy atom. The van der Waals surface area contributed by atoms with E-state index in [-0.39, 0.29) is 6.61 Å². The Kier molecular flexibility index (Phi) is 6.58. The van der Waals surface area contributed by atoms with Gasteiger partial charge in [0.05, 0.1) is 5.52 Å². The third-order valence-electron chi connectivity index (χ3n) is 6.86. The van der Waals surface area contributed by atoms with Crippen LogP contribution in [0.4, 0.5) is 4.39 Å². The predicted molar refractivity (Wildman–Crippen MR) is 147 cm³/mol. The minimum absolute atomic E-state index is 0.248. The molecule has 39 heavy (non-hydrogen) atoms. The van der Waals surface area contributed by atoms with Gasteiger partial charge in [-0.15, -0.1) is 11.8 Å². The van der Waals surface area contributed by atoms with Crippen LogP contribution < -0.4 is 10.5 Å². The number of thioether (sulfide) groups is 1. The van der Waals surface area contributed by atoms with E-state index in [1.54, 1.807) is 24.9 Å². The third-order valence-corrected chi connectivity index (χ3v) is 7.63. The van der Waals surface area contributed by atoms with Crippen LogP contribution in [0.2, 0.25) is 0 Å². The Labute approximate surface area is 227 Å². The van der Waals surface area contributed by atoms with Crippen molar-refractivity contribution in [3.63, 3.8) is 0 Å². The fraction of sp³-hybridized carbons (Fsp3) is 0.207. The van der Waals surface area contributed by atoms with Gasteiger partial charge in [0.2, 0.25) is 0 Å². The molecule has 3 aromatic carbocycles. The highest BCUT2D eigenvalue weighted by molar-refractivity contribution is 7.98. The van der Waals surface area contributed by atoms with E-state index in [1.165, 1.54) is 12.1 Å². The Balaban J connectivity index is 1.48. The summed E-state index contributed by atoms with van der Waals surface area (Å²) in [5.74, 6) is 0.527. The summed E-state index contributed by atoms with van der Waals surface area (Å²) in [6.45, 7) is 3.06. The van der Waals surface area contributed by atoms with E-state index in [2.05, 4.69) is 39.0 Å². The molecule has 0 radical (unpaired) electrons. The first-order valence-electron chi connectivity index (χ1n) is 12.3. The molecule has 10 heteroatoms. The van der Waals surface area contributed by atoms with Crippen LogP contribution in [-0.2, 0) is 24.5 Å². The molecule has 0 amide bonds. The summed E-state index contributed by atoms with van der Waals surface area (Å²) < 4.78 is 32.7. The number of aromatic amines is 1. The number of nitrogens with zero attached hydrogens (tertiary/aromatic N) is 3. The van der Waals surface area contributed by atoms with Crippen LogP contribution in [0.3, 0.4) is 0 Å². The van der Waals surface area contributed by atoms with E-state index in [9.17, 15) is 9.18 Å². The number of aromatic nitrogens is 4. The molecule has 6 rings (SSSR count). The number of para-hydroxylation sites is 1. The summed E-state index contributed by atoms with van der Waals surface area (Å²) in [5, 5.41) is 3.88.